The van der Waals surface area contributed by atoms with Gasteiger partial charge in [-0.1, -0.05) is 53.7 Å². The van der Waals surface area contributed by atoms with E-state index in [0.29, 0.717) is 43.9 Å². The Kier molecular flexibility index (Phi) is 6.96. The summed E-state index contributed by atoms with van der Waals surface area (Å²) in [5.41, 5.74) is 10.2. The van der Waals surface area contributed by atoms with Crippen LogP contribution in [0.4, 0.5) is 11.4 Å². The number of carbonyl (C=O) groups is 1. The quantitative estimate of drug-likeness (QED) is 0.301. The lowest BCUT2D eigenvalue weighted by Crippen LogP contribution is -2.21. The Bertz CT molecular complexity index is 1710. The molecule has 0 saturated heterocycles. The zero-order valence-electron chi connectivity index (χ0n) is 20.8. The van der Waals surface area contributed by atoms with Crippen molar-refractivity contribution < 1.29 is 9.53 Å². The van der Waals surface area contributed by atoms with E-state index >= 15 is 0 Å². The molecule has 4 N–H and O–H groups in total. The van der Waals surface area contributed by atoms with Crippen molar-refractivity contribution >= 4 is 56.6 Å². The predicted molar refractivity (Wildman–Crippen MR) is 154 cm³/mol. The van der Waals surface area contributed by atoms with E-state index in [1.54, 1.807) is 30.3 Å². The summed E-state index contributed by atoms with van der Waals surface area (Å²) >= 11 is 7.50. The number of aromatic amines is 1. The molecule has 0 bridgehead atoms. The van der Waals surface area contributed by atoms with Crippen molar-refractivity contribution in [2.24, 2.45) is 10.7 Å². The number of thioether (sulfide) groups is 1. The van der Waals surface area contributed by atoms with Crippen LogP contribution in [0.2, 0.25) is 5.02 Å². The van der Waals surface area contributed by atoms with Gasteiger partial charge >= 0.3 is 0 Å². The van der Waals surface area contributed by atoms with Gasteiger partial charge in [0.2, 0.25) is 0 Å². The highest BCUT2D eigenvalue weighted by atomic mass is 35.5. The van der Waals surface area contributed by atoms with E-state index in [0.717, 1.165) is 11.1 Å². The van der Waals surface area contributed by atoms with Gasteiger partial charge < -0.3 is 20.8 Å². The second-order valence-electron chi connectivity index (χ2n) is 8.76. The number of H-pyrrole nitrogens is 1. The number of hydrogen-bond acceptors (Lipinski definition) is 7. The number of carbonyl (C=O) groups excluding carboxylic acids is 1. The zero-order chi connectivity index (χ0) is 27.0. The van der Waals surface area contributed by atoms with Crippen molar-refractivity contribution in [1.82, 2.24) is 9.97 Å². The number of ether oxygens (including phenoxy) is 1. The number of aryl methyl sites for hydroxylation is 2. The van der Waals surface area contributed by atoms with Crippen LogP contribution in [-0.4, -0.2) is 28.0 Å². The smallest absolute Gasteiger partial charge is 0.260 e. The third-order valence-electron chi connectivity index (χ3n) is 6.19. The summed E-state index contributed by atoms with van der Waals surface area (Å²) in [7, 11) is 1.50. The Labute approximate surface area is 228 Å². The molecular weight excluding hydrogens is 522 g/mol. The zero-order valence-corrected chi connectivity index (χ0v) is 22.4. The normalized spacial score (nSPS) is 16.3. The topological polar surface area (TPSA) is 122 Å². The predicted octanol–water partition coefficient (Wildman–Crippen LogP) is 5.57. The van der Waals surface area contributed by atoms with E-state index < -0.39 is 11.2 Å². The molecule has 38 heavy (non-hydrogen) atoms. The van der Waals surface area contributed by atoms with Crippen LogP contribution in [-0.2, 0) is 4.79 Å². The first kappa shape index (κ1) is 25.6. The number of hydrogen-bond donors (Lipinski definition) is 3. The summed E-state index contributed by atoms with van der Waals surface area (Å²) in [6.45, 7) is 3.77. The minimum atomic E-state index is -0.621. The minimum absolute atomic E-state index is 0.203. The molecule has 0 saturated carbocycles. The van der Waals surface area contributed by atoms with Gasteiger partial charge in [-0.05, 0) is 49.2 Å². The minimum Gasteiger partial charge on any atom is -0.495 e. The lowest BCUT2D eigenvalue weighted by atomic mass is 10.1. The van der Waals surface area contributed by atoms with Gasteiger partial charge in [0.25, 0.3) is 11.5 Å². The monoisotopic (exact) mass is 545 g/mol. The van der Waals surface area contributed by atoms with Crippen LogP contribution in [0.1, 0.15) is 22.2 Å². The number of nitrogens with two attached hydrogens (primary N) is 1. The van der Waals surface area contributed by atoms with Gasteiger partial charge in [-0.3, -0.25) is 9.59 Å². The van der Waals surface area contributed by atoms with E-state index in [1.165, 1.54) is 18.9 Å². The second kappa shape index (κ2) is 10.4. The first-order chi connectivity index (χ1) is 18.3. The van der Waals surface area contributed by atoms with E-state index in [-0.39, 0.29) is 16.8 Å². The van der Waals surface area contributed by atoms with E-state index in [2.05, 4.69) is 15.3 Å². The maximum Gasteiger partial charge on any atom is 0.260 e. The van der Waals surface area contributed by atoms with Crippen LogP contribution in [0.3, 0.4) is 0 Å². The van der Waals surface area contributed by atoms with Gasteiger partial charge in [-0.2, -0.15) is 0 Å². The number of methoxy groups -OCH3 is 1. The number of nitrogens with one attached hydrogen (secondary N) is 2. The molecule has 4 aromatic rings. The van der Waals surface area contributed by atoms with Crippen LogP contribution in [0.5, 0.6) is 5.75 Å². The lowest BCUT2D eigenvalue weighted by molar-refractivity contribution is -0.112. The highest BCUT2D eigenvalue weighted by Crippen LogP contribution is 2.44. The van der Waals surface area contributed by atoms with E-state index in [4.69, 9.17) is 27.1 Å². The number of fused-ring (bicyclic) bond motifs is 1. The average molecular weight is 546 g/mol. The summed E-state index contributed by atoms with van der Waals surface area (Å²) in [5.74, 6) is 0.289. The number of benzene rings is 3. The van der Waals surface area contributed by atoms with Gasteiger partial charge in [-0.25, -0.2) is 9.98 Å². The Hall–Kier alpha value is -4.08. The molecule has 10 heteroatoms. The Morgan fingerprint density at radius 2 is 1.87 bits per heavy atom. The largest absolute Gasteiger partial charge is 0.495 e. The molecule has 192 valence electrons. The highest BCUT2D eigenvalue weighted by molar-refractivity contribution is 8.15. The average Bonchev–Trinajstić information content (AvgIpc) is 3.23. The molecule has 2 heterocycles. The van der Waals surface area contributed by atoms with E-state index in [1.807, 2.05) is 44.2 Å². The van der Waals surface area contributed by atoms with Gasteiger partial charge in [0, 0.05) is 16.8 Å². The lowest BCUT2D eigenvalue weighted by Gasteiger charge is -2.13. The number of aromatic nitrogens is 2. The van der Waals surface area contributed by atoms with Gasteiger partial charge in [0.15, 0.2) is 0 Å². The maximum absolute atomic E-state index is 13.7. The number of para-hydroxylation sites is 2. The van der Waals surface area contributed by atoms with Crippen molar-refractivity contribution in [3.8, 4) is 5.75 Å². The fourth-order valence-electron chi connectivity index (χ4n) is 4.14. The van der Waals surface area contributed by atoms with Crippen LogP contribution < -0.4 is 21.3 Å². The molecule has 0 fully saturated rings. The molecule has 1 aliphatic heterocycles. The molecule has 0 radical (unpaired) electrons. The molecule has 5 rings (SSSR count). The molecule has 1 aliphatic rings. The number of rotatable bonds is 5. The Balaban J connectivity index is 1.62. The van der Waals surface area contributed by atoms with Crippen LogP contribution >= 0.6 is 23.4 Å². The maximum atomic E-state index is 13.7. The van der Waals surface area contributed by atoms with Crippen LogP contribution in [0.25, 0.3) is 10.9 Å². The summed E-state index contributed by atoms with van der Waals surface area (Å²) in [5, 5.41) is 3.68. The molecule has 0 aliphatic carbocycles. The summed E-state index contributed by atoms with van der Waals surface area (Å²) < 4.78 is 5.42. The number of amides is 1. The SMILES string of the molecule is COc1cc(Cl)c(C)cc1NC(=O)C1=C(N)[C@H](c2nc3ccccc3c(=O)[nH]2)SC1=Nc1ccccc1C. The van der Waals surface area contributed by atoms with Gasteiger partial charge in [0.05, 0.1) is 35.0 Å². The van der Waals surface area contributed by atoms with E-state index in [9.17, 15) is 9.59 Å². The molecule has 1 aromatic heterocycles. The first-order valence-electron chi connectivity index (χ1n) is 11.7. The van der Waals surface area contributed by atoms with Gasteiger partial charge in [0.1, 0.15) is 21.9 Å². The van der Waals surface area contributed by atoms with Crippen LogP contribution in [0.15, 0.2) is 81.7 Å². The molecule has 1 atom stereocenters. The molecule has 0 unspecified atom stereocenters. The number of halogens is 1. The molecule has 8 nitrogen and oxygen atoms in total. The highest BCUT2D eigenvalue weighted by Gasteiger charge is 2.37. The third-order valence-corrected chi connectivity index (χ3v) is 7.83. The summed E-state index contributed by atoms with van der Waals surface area (Å²) in [6, 6.07) is 18.0. The van der Waals surface area contributed by atoms with Crippen LogP contribution in [0, 0.1) is 13.8 Å². The van der Waals surface area contributed by atoms with Crippen molar-refractivity contribution in [2.75, 3.05) is 12.4 Å². The van der Waals surface area contributed by atoms with Crippen molar-refractivity contribution in [3.05, 3.63) is 104 Å². The summed E-state index contributed by atoms with van der Waals surface area (Å²) in [4.78, 5) is 38.8. The Morgan fingerprint density at radius 1 is 1.13 bits per heavy atom. The second-order valence-corrected chi connectivity index (χ2v) is 10.3. The molecular formula is C28H24ClN5O3S. The van der Waals surface area contributed by atoms with Crippen molar-refractivity contribution in [3.63, 3.8) is 0 Å². The van der Waals surface area contributed by atoms with Gasteiger partial charge in [-0.15, -0.1) is 0 Å². The fraction of sp³-hybridized carbons (Fsp3) is 0.143. The van der Waals surface area contributed by atoms with Crippen molar-refractivity contribution in [2.45, 2.75) is 19.1 Å². The van der Waals surface area contributed by atoms with Crippen molar-refractivity contribution in [1.29, 1.82) is 0 Å². The molecule has 0 spiro atoms. The molecule has 1 amide bonds. The number of aliphatic imine (C=N–C) groups is 1. The molecule has 3 aromatic carbocycles. The number of nitrogens with zero attached hydrogens (tertiary/aromatic N) is 2. The Morgan fingerprint density at radius 3 is 2.63 bits per heavy atom. The number of anilines is 1. The standard InChI is InChI=1S/C28H24ClN5O3S/c1-14-8-4-6-10-18(14)33-28-22(27(36)32-20-12-15(2)17(29)13-21(20)37-3)23(30)24(38-28)25-31-19-11-7-5-9-16(19)26(35)34-25/h4-13,24H,30H2,1-3H3,(H,32,36)(H,31,34,35)/t24-/m1/s1. The first-order valence-corrected chi connectivity index (χ1v) is 13.0. The fourth-order valence-corrected chi connectivity index (χ4v) is 5.47. The third kappa shape index (κ3) is 4.78. The summed E-state index contributed by atoms with van der Waals surface area (Å²) in [6.07, 6.45) is 0.